The van der Waals surface area contributed by atoms with Gasteiger partial charge >= 0.3 is 0 Å². The third kappa shape index (κ3) is 3.48. The molecular formula is C21H25NO3. The van der Waals surface area contributed by atoms with E-state index in [1.807, 2.05) is 44.3 Å². The number of anilines is 1. The summed E-state index contributed by atoms with van der Waals surface area (Å²) in [6, 6.07) is 11.9. The smallest absolute Gasteiger partial charge is 0.233 e. The first-order chi connectivity index (χ1) is 12.0. The number of aryl methyl sites for hydroxylation is 1. The molecule has 0 spiro atoms. The van der Waals surface area contributed by atoms with Gasteiger partial charge < -0.3 is 14.4 Å². The summed E-state index contributed by atoms with van der Waals surface area (Å²) in [5, 5.41) is 0. The Morgan fingerprint density at radius 2 is 2.08 bits per heavy atom. The van der Waals surface area contributed by atoms with Crippen molar-refractivity contribution in [3.8, 4) is 11.5 Å². The molecule has 0 aliphatic carbocycles. The molecule has 1 aliphatic heterocycles. The third-order valence-electron chi connectivity index (χ3n) is 4.87. The van der Waals surface area contributed by atoms with Crippen LogP contribution in [0.3, 0.4) is 0 Å². The molecule has 0 N–H and O–H groups in total. The molecule has 0 saturated heterocycles. The minimum atomic E-state index is -0.186. The summed E-state index contributed by atoms with van der Waals surface area (Å²) in [5.41, 5.74) is 4.31. The van der Waals surface area contributed by atoms with E-state index in [1.54, 1.807) is 4.90 Å². The molecule has 0 aromatic heterocycles. The number of benzene rings is 2. The average Bonchev–Trinajstić information content (AvgIpc) is 2.62. The maximum atomic E-state index is 13.0. The predicted molar refractivity (Wildman–Crippen MR) is 99.6 cm³/mol. The Bertz CT molecular complexity index is 785. The van der Waals surface area contributed by atoms with Crippen molar-refractivity contribution in [1.82, 2.24) is 0 Å². The van der Waals surface area contributed by atoms with Crippen molar-refractivity contribution in [2.45, 2.75) is 27.2 Å². The van der Waals surface area contributed by atoms with Crippen LogP contribution in [0.4, 0.5) is 5.69 Å². The van der Waals surface area contributed by atoms with Gasteiger partial charge in [-0.1, -0.05) is 12.1 Å². The second kappa shape index (κ2) is 7.18. The van der Waals surface area contributed by atoms with E-state index < -0.39 is 0 Å². The van der Waals surface area contributed by atoms with Crippen molar-refractivity contribution < 1.29 is 14.3 Å². The Morgan fingerprint density at radius 3 is 2.84 bits per heavy atom. The molecule has 4 heteroatoms. The molecule has 2 aromatic carbocycles. The monoisotopic (exact) mass is 339 g/mol. The highest BCUT2D eigenvalue weighted by atomic mass is 16.5. The average molecular weight is 339 g/mol. The minimum absolute atomic E-state index is 0.0844. The van der Waals surface area contributed by atoms with Gasteiger partial charge in [0.2, 0.25) is 5.91 Å². The summed E-state index contributed by atoms with van der Waals surface area (Å²) in [5.74, 6) is 1.57. The van der Waals surface area contributed by atoms with E-state index >= 15 is 0 Å². The lowest BCUT2D eigenvalue weighted by molar-refractivity contribution is -0.123. The first-order valence-electron chi connectivity index (χ1n) is 8.73. The number of amides is 1. The van der Waals surface area contributed by atoms with Gasteiger partial charge in [-0.25, -0.2) is 0 Å². The predicted octanol–water partition coefficient (Wildman–Crippen LogP) is 3.92. The van der Waals surface area contributed by atoms with Crippen LogP contribution in [-0.4, -0.2) is 26.2 Å². The maximum Gasteiger partial charge on any atom is 0.233 e. The second-order valence-electron chi connectivity index (χ2n) is 6.53. The SMILES string of the molecule is CCOc1ccc2c(c1)CC(C(=O)N(C)c1cccc(C)c1C)CO2. The fraction of sp³-hybridized carbons (Fsp3) is 0.381. The summed E-state index contributed by atoms with van der Waals surface area (Å²) in [6.07, 6.45) is 0.671. The molecule has 1 heterocycles. The molecule has 4 nitrogen and oxygen atoms in total. The van der Waals surface area contributed by atoms with Gasteiger partial charge in [-0.3, -0.25) is 4.79 Å². The van der Waals surface area contributed by atoms with E-state index in [-0.39, 0.29) is 11.8 Å². The van der Waals surface area contributed by atoms with Crippen LogP contribution < -0.4 is 14.4 Å². The van der Waals surface area contributed by atoms with E-state index in [1.165, 1.54) is 5.56 Å². The van der Waals surface area contributed by atoms with Gasteiger partial charge in [0.05, 0.1) is 12.5 Å². The standard InChI is InChI=1S/C21H25NO3/c1-5-24-18-9-10-20-16(12-18)11-17(13-25-20)21(23)22(4)19-8-6-7-14(2)15(19)3/h6-10,12,17H,5,11,13H2,1-4H3. The van der Waals surface area contributed by atoms with Crippen molar-refractivity contribution in [2.24, 2.45) is 5.92 Å². The molecule has 1 aliphatic rings. The van der Waals surface area contributed by atoms with Crippen molar-refractivity contribution in [2.75, 3.05) is 25.2 Å². The summed E-state index contributed by atoms with van der Waals surface area (Å²) < 4.78 is 11.4. The van der Waals surface area contributed by atoms with Gasteiger partial charge in [-0.15, -0.1) is 0 Å². The molecule has 1 amide bonds. The van der Waals surface area contributed by atoms with Crippen molar-refractivity contribution in [1.29, 1.82) is 0 Å². The van der Waals surface area contributed by atoms with Crippen LogP contribution in [0.1, 0.15) is 23.6 Å². The van der Waals surface area contributed by atoms with Crippen molar-refractivity contribution in [3.63, 3.8) is 0 Å². The number of hydrogen-bond donors (Lipinski definition) is 0. The molecule has 0 fully saturated rings. The van der Waals surface area contributed by atoms with Crippen LogP contribution in [-0.2, 0) is 11.2 Å². The van der Waals surface area contributed by atoms with Crippen LogP contribution >= 0.6 is 0 Å². The zero-order chi connectivity index (χ0) is 18.0. The summed E-state index contributed by atoms with van der Waals surface area (Å²) in [4.78, 5) is 14.8. The molecular weight excluding hydrogens is 314 g/mol. The summed E-state index contributed by atoms with van der Waals surface area (Å²) >= 11 is 0. The Labute approximate surface area is 149 Å². The lowest BCUT2D eigenvalue weighted by Gasteiger charge is -2.29. The lowest BCUT2D eigenvalue weighted by atomic mass is 9.95. The maximum absolute atomic E-state index is 13.0. The molecule has 0 radical (unpaired) electrons. The first kappa shape index (κ1) is 17.3. The number of ether oxygens (including phenoxy) is 2. The Morgan fingerprint density at radius 1 is 1.28 bits per heavy atom. The number of carbonyl (C=O) groups is 1. The number of carbonyl (C=O) groups excluding carboxylic acids is 1. The Balaban J connectivity index is 1.79. The van der Waals surface area contributed by atoms with Crippen LogP contribution in [0.15, 0.2) is 36.4 Å². The molecule has 1 atom stereocenters. The topological polar surface area (TPSA) is 38.8 Å². The van der Waals surface area contributed by atoms with Gasteiger partial charge in [0.15, 0.2) is 0 Å². The highest BCUT2D eigenvalue weighted by molar-refractivity contribution is 5.95. The van der Waals surface area contributed by atoms with E-state index in [0.717, 1.165) is 28.3 Å². The van der Waals surface area contributed by atoms with Crippen LogP contribution in [0, 0.1) is 19.8 Å². The second-order valence-corrected chi connectivity index (χ2v) is 6.53. The highest BCUT2D eigenvalue weighted by Gasteiger charge is 2.29. The van der Waals surface area contributed by atoms with E-state index in [9.17, 15) is 4.79 Å². The normalized spacial score (nSPS) is 15.9. The molecule has 25 heavy (non-hydrogen) atoms. The highest BCUT2D eigenvalue weighted by Crippen LogP contribution is 2.32. The summed E-state index contributed by atoms with van der Waals surface area (Å²) in [6.45, 7) is 7.11. The zero-order valence-electron chi connectivity index (χ0n) is 15.3. The number of fused-ring (bicyclic) bond motifs is 1. The molecule has 3 rings (SSSR count). The summed E-state index contributed by atoms with van der Waals surface area (Å²) in [7, 11) is 1.84. The van der Waals surface area contributed by atoms with Crippen LogP contribution in [0.5, 0.6) is 11.5 Å². The van der Waals surface area contributed by atoms with Gasteiger partial charge in [0.25, 0.3) is 0 Å². The van der Waals surface area contributed by atoms with Gasteiger partial charge in [0.1, 0.15) is 18.1 Å². The molecule has 0 saturated carbocycles. The van der Waals surface area contributed by atoms with Crippen molar-refractivity contribution in [3.05, 3.63) is 53.1 Å². The van der Waals surface area contributed by atoms with E-state index in [0.29, 0.717) is 19.6 Å². The molecule has 132 valence electrons. The largest absolute Gasteiger partial charge is 0.494 e. The number of hydrogen-bond acceptors (Lipinski definition) is 3. The van der Waals surface area contributed by atoms with E-state index in [4.69, 9.17) is 9.47 Å². The van der Waals surface area contributed by atoms with Gasteiger partial charge in [0, 0.05) is 12.7 Å². The lowest BCUT2D eigenvalue weighted by Crippen LogP contribution is -2.39. The van der Waals surface area contributed by atoms with Gasteiger partial charge in [-0.05, 0) is 68.1 Å². The van der Waals surface area contributed by atoms with Crippen LogP contribution in [0.25, 0.3) is 0 Å². The van der Waals surface area contributed by atoms with E-state index in [2.05, 4.69) is 19.9 Å². The number of nitrogens with zero attached hydrogens (tertiary/aromatic N) is 1. The molecule has 2 aromatic rings. The third-order valence-corrected chi connectivity index (χ3v) is 4.87. The quantitative estimate of drug-likeness (QED) is 0.847. The van der Waals surface area contributed by atoms with Gasteiger partial charge in [-0.2, -0.15) is 0 Å². The Hall–Kier alpha value is -2.49. The molecule has 0 bridgehead atoms. The Kier molecular flexibility index (Phi) is 4.98. The van der Waals surface area contributed by atoms with Crippen molar-refractivity contribution >= 4 is 11.6 Å². The zero-order valence-corrected chi connectivity index (χ0v) is 15.3. The fourth-order valence-electron chi connectivity index (χ4n) is 3.28. The van der Waals surface area contributed by atoms with Crippen LogP contribution in [0.2, 0.25) is 0 Å². The first-order valence-corrected chi connectivity index (χ1v) is 8.73. The molecule has 1 unspecified atom stereocenters. The number of rotatable bonds is 4. The fourth-order valence-corrected chi connectivity index (χ4v) is 3.28. The minimum Gasteiger partial charge on any atom is -0.494 e.